The molecule has 8 heteroatoms. The molecule has 0 aliphatic carbocycles. The van der Waals surface area contributed by atoms with Crippen LogP contribution in [-0.4, -0.2) is 24.7 Å². The molecule has 1 amide bonds. The lowest BCUT2D eigenvalue weighted by Gasteiger charge is -2.20. The standard InChI is InChI=1S/C18H22ClN5O2/c1-2-26-15-8-3-5-12(9-15)11-20-18(25)16-17(23-24-22-16)21-14-7-4-6-13(19)10-14/h3-10,16-17,21-24H,2,11H2,1H3,(H,20,25). The van der Waals surface area contributed by atoms with Crippen LogP contribution in [0.1, 0.15) is 12.5 Å². The van der Waals surface area contributed by atoms with Crippen molar-refractivity contribution in [3.63, 3.8) is 0 Å². The van der Waals surface area contributed by atoms with Gasteiger partial charge in [-0.1, -0.05) is 29.8 Å². The molecule has 3 rings (SSSR count). The highest BCUT2D eigenvalue weighted by Gasteiger charge is 2.32. The summed E-state index contributed by atoms with van der Waals surface area (Å²) in [6.07, 6.45) is -0.330. The molecule has 0 spiro atoms. The van der Waals surface area contributed by atoms with Gasteiger partial charge in [0.25, 0.3) is 0 Å². The summed E-state index contributed by atoms with van der Waals surface area (Å²) < 4.78 is 5.48. The lowest BCUT2D eigenvalue weighted by Crippen LogP contribution is -2.50. The normalized spacial score (nSPS) is 19.2. The monoisotopic (exact) mass is 375 g/mol. The van der Waals surface area contributed by atoms with Crippen LogP contribution in [-0.2, 0) is 11.3 Å². The van der Waals surface area contributed by atoms with Crippen molar-refractivity contribution in [3.8, 4) is 5.75 Å². The number of hydrogen-bond acceptors (Lipinski definition) is 6. The molecule has 1 aliphatic heterocycles. The molecule has 0 bridgehead atoms. The lowest BCUT2D eigenvalue weighted by atomic mass is 10.2. The highest BCUT2D eigenvalue weighted by molar-refractivity contribution is 6.30. The Morgan fingerprint density at radius 2 is 2.04 bits per heavy atom. The first-order valence-corrected chi connectivity index (χ1v) is 8.81. The number of nitrogens with one attached hydrogen (secondary N) is 5. The number of amides is 1. The molecule has 5 N–H and O–H groups in total. The third-order valence-electron chi connectivity index (χ3n) is 3.89. The quantitative estimate of drug-likeness (QED) is 0.507. The topological polar surface area (TPSA) is 86.5 Å². The molecule has 1 saturated heterocycles. The molecule has 2 aromatic carbocycles. The van der Waals surface area contributed by atoms with Crippen molar-refractivity contribution in [2.75, 3.05) is 11.9 Å². The molecule has 138 valence electrons. The minimum Gasteiger partial charge on any atom is -0.494 e. The largest absolute Gasteiger partial charge is 0.494 e. The molecule has 1 aliphatic rings. The van der Waals surface area contributed by atoms with Gasteiger partial charge in [0, 0.05) is 17.3 Å². The number of ether oxygens (including phenoxy) is 1. The van der Waals surface area contributed by atoms with E-state index in [0.29, 0.717) is 18.2 Å². The summed E-state index contributed by atoms with van der Waals surface area (Å²) in [6, 6.07) is 14.5. The zero-order valence-corrected chi connectivity index (χ0v) is 15.1. The Labute approximate surface area is 157 Å². The fraction of sp³-hybridized carbons (Fsp3) is 0.278. The minimum absolute atomic E-state index is 0.135. The van der Waals surface area contributed by atoms with E-state index in [1.807, 2.05) is 43.3 Å². The molecule has 26 heavy (non-hydrogen) atoms. The third kappa shape index (κ3) is 4.86. The second-order valence-electron chi connectivity index (χ2n) is 5.82. The molecule has 1 fully saturated rings. The predicted octanol–water partition coefficient (Wildman–Crippen LogP) is 1.77. The third-order valence-corrected chi connectivity index (χ3v) is 4.13. The number of anilines is 1. The number of halogens is 1. The molecular formula is C18H22ClN5O2. The van der Waals surface area contributed by atoms with E-state index in [2.05, 4.69) is 27.0 Å². The van der Waals surface area contributed by atoms with Crippen molar-refractivity contribution >= 4 is 23.2 Å². The molecule has 0 aromatic heterocycles. The van der Waals surface area contributed by atoms with Gasteiger partial charge in [0.2, 0.25) is 5.91 Å². The average Bonchev–Trinajstić information content (AvgIpc) is 3.08. The Hall–Kier alpha value is -2.32. The molecule has 2 aromatic rings. The summed E-state index contributed by atoms with van der Waals surface area (Å²) in [4.78, 5) is 12.5. The van der Waals surface area contributed by atoms with E-state index in [1.165, 1.54) is 0 Å². The number of hydrazine groups is 2. The van der Waals surface area contributed by atoms with Gasteiger partial charge in [0.15, 0.2) is 0 Å². The van der Waals surface area contributed by atoms with Crippen molar-refractivity contribution in [1.82, 2.24) is 21.7 Å². The molecule has 0 radical (unpaired) electrons. The van der Waals surface area contributed by atoms with E-state index in [0.717, 1.165) is 17.0 Å². The van der Waals surface area contributed by atoms with Gasteiger partial charge in [-0.05, 0) is 42.8 Å². The summed E-state index contributed by atoms with van der Waals surface area (Å²) in [7, 11) is 0. The van der Waals surface area contributed by atoms with Gasteiger partial charge in [-0.2, -0.15) is 5.53 Å². The van der Waals surface area contributed by atoms with E-state index >= 15 is 0 Å². The molecule has 1 heterocycles. The van der Waals surface area contributed by atoms with Gasteiger partial charge in [-0.3, -0.25) is 4.79 Å². The van der Waals surface area contributed by atoms with Crippen molar-refractivity contribution in [1.29, 1.82) is 0 Å². The van der Waals surface area contributed by atoms with E-state index in [1.54, 1.807) is 12.1 Å². The van der Waals surface area contributed by atoms with Gasteiger partial charge in [-0.25, -0.2) is 10.9 Å². The first kappa shape index (κ1) is 18.5. The first-order valence-electron chi connectivity index (χ1n) is 8.43. The Bertz CT molecular complexity index is 758. The van der Waals surface area contributed by atoms with Crippen LogP contribution in [0.5, 0.6) is 5.75 Å². The zero-order chi connectivity index (χ0) is 18.4. The van der Waals surface area contributed by atoms with Crippen molar-refractivity contribution < 1.29 is 9.53 Å². The Balaban J connectivity index is 1.57. The maximum absolute atomic E-state index is 12.5. The van der Waals surface area contributed by atoms with E-state index in [9.17, 15) is 4.79 Å². The van der Waals surface area contributed by atoms with Crippen LogP contribution in [0.4, 0.5) is 5.69 Å². The highest BCUT2D eigenvalue weighted by Crippen LogP contribution is 2.17. The molecule has 0 saturated carbocycles. The Morgan fingerprint density at radius 3 is 2.85 bits per heavy atom. The number of rotatable bonds is 7. The van der Waals surface area contributed by atoms with Crippen LogP contribution in [0, 0.1) is 0 Å². The number of hydrogen-bond donors (Lipinski definition) is 5. The van der Waals surface area contributed by atoms with Gasteiger partial charge >= 0.3 is 0 Å². The van der Waals surface area contributed by atoms with Crippen molar-refractivity contribution in [2.45, 2.75) is 25.7 Å². The van der Waals surface area contributed by atoms with Crippen LogP contribution in [0.2, 0.25) is 5.02 Å². The smallest absolute Gasteiger partial charge is 0.242 e. The lowest BCUT2D eigenvalue weighted by molar-refractivity contribution is -0.123. The minimum atomic E-state index is -0.496. The Kier molecular flexibility index (Phi) is 6.30. The summed E-state index contributed by atoms with van der Waals surface area (Å²) in [5.41, 5.74) is 10.5. The van der Waals surface area contributed by atoms with Gasteiger partial charge in [-0.15, -0.1) is 0 Å². The van der Waals surface area contributed by atoms with Gasteiger partial charge in [0.1, 0.15) is 18.0 Å². The molecule has 2 atom stereocenters. The average molecular weight is 376 g/mol. The Morgan fingerprint density at radius 1 is 1.19 bits per heavy atom. The summed E-state index contributed by atoms with van der Waals surface area (Å²) in [5, 5.41) is 6.80. The fourth-order valence-electron chi connectivity index (χ4n) is 2.67. The summed E-state index contributed by atoms with van der Waals surface area (Å²) >= 11 is 6.00. The van der Waals surface area contributed by atoms with Crippen LogP contribution in [0.3, 0.4) is 0 Å². The van der Waals surface area contributed by atoms with Gasteiger partial charge < -0.3 is 15.4 Å². The van der Waals surface area contributed by atoms with Crippen LogP contribution in [0.15, 0.2) is 48.5 Å². The predicted molar refractivity (Wildman–Crippen MR) is 102 cm³/mol. The van der Waals surface area contributed by atoms with Crippen LogP contribution < -0.4 is 31.8 Å². The van der Waals surface area contributed by atoms with Gasteiger partial charge in [0.05, 0.1) is 6.61 Å². The summed E-state index contributed by atoms with van der Waals surface area (Å²) in [5.74, 6) is 0.658. The van der Waals surface area contributed by atoms with Crippen LogP contribution in [0.25, 0.3) is 0 Å². The summed E-state index contributed by atoms with van der Waals surface area (Å²) in [6.45, 7) is 2.96. The van der Waals surface area contributed by atoms with E-state index < -0.39 is 6.04 Å². The van der Waals surface area contributed by atoms with E-state index in [4.69, 9.17) is 16.3 Å². The number of carbonyl (C=O) groups is 1. The van der Waals surface area contributed by atoms with Crippen molar-refractivity contribution in [2.24, 2.45) is 0 Å². The second kappa shape index (κ2) is 8.86. The zero-order valence-electron chi connectivity index (χ0n) is 14.4. The fourth-order valence-corrected chi connectivity index (χ4v) is 2.86. The SMILES string of the molecule is CCOc1cccc(CNC(=O)C2NNNC2Nc2cccc(Cl)c2)c1. The number of benzene rings is 2. The van der Waals surface area contributed by atoms with Crippen LogP contribution >= 0.6 is 11.6 Å². The maximum Gasteiger partial charge on any atom is 0.242 e. The van der Waals surface area contributed by atoms with E-state index in [-0.39, 0.29) is 12.1 Å². The molecule has 7 nitrogen and oxygen atoms in total. The molecular weight excluding hydrogens is 354 g/mol. The van der Waals surface area contributed by atoms with Crippen molar-refractivity contribution in [3.05, 3.63) is 59.1 Å². The molecule has 2 unspecified atom stereocenters. The first-order chi connectivity index (χ1) is 12.7. The second-order valence-corrected chi connectivity index (χ2v) is 6.26. The number of carbonyl (C=O) groups excluding carboxylic acids is 1. The maximum atomic E-state index is 12.5. The highest BCUT2D eigenvalue weighted by atomic mass is 35.5.